The summed E-state index contributed by atoms with van der Waals surface area (Å²) < 4.78 is 10.2. The van der Waals surface area contributed by atoms with E-state index in [1.807, 2.05) is 30.3 Å². The molecule has 0 saturated heterocycles. The van der Waals surface area contributed by atoms with Crippen molar-refractivity contribution >= 4 is 17.6 Å². The molecule has 2 rings (SSSR count). The van der Waals surface area contributed by atoms with Crippen molar-refractivity contribution in [3.8, 4) is 0 Å². The van der Waals surface area contributed by atoms with E-state index in [1.165, 1.54) is 11.2 Å². The van der Waals surface area contributed by atoms with Gasteiger partial charge in [0.05, 0.1) is 13.2 Å². The Morgan fingerprint density at radius 2 is 2.00 bits per heavy atom. The lowest BCUT2D eigenvalue weighted by Gasteiger charge is -2.22. The monoisotopic (exact) mass is 359 g/mol. The first-order valence-corrected chi connectivity index (χ1v) is 8.78. The minimum Gasteiger partial charge on any atom is -0.367 e. The predicted molar refractivity (Wildman–Crippen MR) is 97.3 cm³/mol. The molecule has 0 aliphatic heterocycles. The Balaban J connectivity index is 1.83. The van der Waals surface area contributed by atoms with Gasteiger partial charge in [0, 0.05) is 12.6 Å². The number of ether oxygens (including phenoxy) is 1. The van der Waals surface area contributed by atoms with Crippen LogP contribution in [0.1, 0.15) is 31.7 Å². The molecule has 0 fully saturated rings. The van der Waals surface area contributed by atoms with E-state index < -0.39 is 0 Å². The second kappa shape index (κ2) is 11.0. The lowest BCUT2D eigenvalue weighted by molar-refractivity contribution is -0.139. The normalized spacial score (nSPS) is 10.5. The molecular formula is C19H25N3O4. The SMILES string of the molecule is CCCCCN(CC(=O)Nc1ccon1)C(=O)COCc1ccccc1. The molecule has 7 heteroatoms. The third kappa shape index (κ3) is 7.06. The molecule has 26 heavy (non-hydrogen) atoms. The number of nitrogens with zero attached hydrogens (tertiary/aromatic N) is 2. The lowest BCUT2D eigenvalue weighted by Crippen LogP contribution is -2.40. The van der Waals surface area contributed by atoms with Crippen molar-refractivity contribution in [2.75, 3.05) is 25.0 Å². The van der Waals surface area contributed by atoms with Crippen LogP contribution in [0, 0.1) is 0 Å². The van der Waals surface area contributed by atoms with Crippen molar-refractivity contribution in [2.45, 2.75) is 32.8 Å². The van der Waals surface area contributed by atoms with Crippen molar-refractivity contribution in [1.29, 1.82) is 0 Å². The number of amides is 2. The van der Waals surface area contributed by atoms with Crippen molar-refractivity contribution in [1.82, 2.24) is 10.1 Å². The molecular weight excluding hydrogens is 334 g/mol. The molecule has 0 aliphatic rings. The molecule has 1 aromatic heterocycles. The topological polar surface area (TPSA) is 84.7 Å². The number of benzene rings is 1. The van der Waals surface area contributed by atoms with Gasteiger partial charge in [-0.2, -0.15) is 0 Å². The van der Waals surface area contributed by atoms with E-state index in [1.54, 1.807) is 6.07 Å². The van der Waals surface area contributed by atoms with Crippen LogP contribution >= 0.6 is 0 Å². The summed E-state index contributed by atoms with van der Waals surface area (Å²) >= 11 is 0. The first-order chi connectivity index (χ1) is 12.7. The molecule has 2 aromatic rings. The number of anilines is 1. The van der Waals surface area contributed by atoms with E-state index in [4.69, 9.17) is 4.74 Å². The van der Waals surface area contributed by atoms with Gasteiger partial charge in [0.15, 0.2) is 5.82 Å². The van der Waals surface area contributed by atoms with Gasteiger partial charge < -0.3 is 19.5 Å². The molecule has 1 heterocycles. The third-order valence-electron chi connectivity index (χ3n) is 3.76. The van der Waals surface area contributed by atoms with E-state index in [0.29, 0.717) is 19.0 Å². The van der Waals surface area contributed by atoms with Crippen LogP contribution in [0.4, 0.5) is 5.82 Å². The summed E-state index contributed by atoms with van der Waals surface area (Å²) in [5.74, 6) is -0.185. The second-order valence-corrected chi connectivity index (χ2v) is 5.93. The zero-order valence-corrected chi connectivity index (χ0v) is 15.0. The molecule has 0 atom stereocenters. The highest BCUT2D eigenvalue weighted by Crippen LogP contribution is 2.05. The summed E-state index contributed by atoms with van der Waals surface area (Å²) in [5, 5.41) is 6.23. The Morgan fingerprint density at radius 1 is 1.19 bits per heavy atom. The Hall–Kier alpha value is -2.67. The van der Waals surface area contributed by atoms with Gasteiger partial charge in [0.1, 0.15) is 12.9 Å². The fourth-order valence-corrected chi connectivity index (χ4v) is 2.40. The van der Waals surface area contributed by atoms with Gasteiger partial charge in [0.2, 0.25) is 11.8 Å². The molecule has 0 radical (unpaired) electrons. The Bertz CT molecular complexity index is 659. The van der Waals surface area contributed by atoms with Crippen LogP contribution in [0.25, 0.3) is 0 Å². The van der Waals surface area contributed by atoms with E-state index in [-0.39, 0.29) is 25.0 Å². The van der Waals surface area contributed by atoms with E-state index in [9.17, 15) is 9.59 Å². The Kier molecular flexibility index (Phi) is 8.35. The number of unbranched alkanes of at least 4 members (excludes halogenated alkanes) is 2. The maximum atomic E-state index is 12.5. The summed E-state index contributed by atoms with van der Waals surface area (Å²) in [4.78, 5) is 26.1. The molecule has 1 aromatic carbocycles. The highest BCUT2D eigenvalue weighted by Gasteiger charge is 2.17. The highest BCUT2D eigenvalue weighted by molar-refractivity contribution is 5.93. The number of rotatable bonds is 11. The molecule has 0 unspecified atom stereocenters. The van der Waals surface area contributed by atoms with Gasteiger partial charge >= 0.3 is 0 Å². The van der Waals surface area contributed by atoms with Crippen molar-refractivity contribution in [3.05, 3.63) is 48.2 Å². The predicted octanol–water partition coefficient (Wildman–Crippen LogP) is 2.85. The standard InChI is InChI=1S/C19H25N3O4/c1-2-3-7-11-22(13-18(23)20-17-10-12-26-21-17)19(24)15-25-14-16-8-5-4-6-9-16/h4-6,8-10,12H,2-3,7,11,13-15H2,1H3,(H,20,21,23). The average molecular weight is 359 g/mol. The van der Waals surface area contributed by atoms with Gasteiger partial charge in [-0.15, -0.1) is 0 Å². The van der Waals surface area contributed by atoms with Crippen LogP contribution < -0.4 is 5.32 Å². The van der Waals surface area contributed by atoms with Crippen LogP contribution in [0.2, 0.25) is 0 Å². The number of carbonyl (C=O) groups is 2. The first-order valence-electron chi connectivity index (χ1n) is 8.78. The van der Waals surface area contributed by atoms with E-state index in [0.717, 1.165) is 24.8 Å². The van der Waals surface area contributed by atoms with Crippen molar-refractivity contribution in [2.24, 2.45) is 0 Å². The van der Waals surface area contributed by atoms with Gasteiger partial charge in [-0.1, -0.05) is 55.3 Å². The third-order valence-corrected chi connectivity index (χ3v) is 3.76. The average Bonchev–Trinajstić information content (AvgIpc) is 3.14. The van der Waals surface area contributed by atoms with Crippen LogP contribution in [-0.2, 0) is 20.9 Å². The minimum atomic E-state index is -0.313. The largest absolute Gasteiger partial charge is 0.367 e. The maximum Gasteiger partial charge on any atom is 0.249 e. The zero-order valence-electron chi connectivity index (χ0n) is 15.0. The van der Waals surface area contributed by atoms with Gasteiger partial charge in [-0.3, -0.25) is 9.59 Å². The summed E-state index contributed by atoms with van der Waals surface area (Å²) in [5.41, 5.74) is 1.00. The van der Waals surface area contributed by atoms with Crippen LogP contribution in [0.3, 0.4) is 0 Å². The van der Waals surface area contributed by atoms with E-state index >= 15 is 0 Å². The minimum absolute atomic E-state index is 0.0376. The molecule has 2 amide bonds. The summed E-state index contributed by atoms with van der Waals surface area (Å²) in [6.07, 6.45) is 4.26. The van der Waals surface area contributed by atoms with Crippen molar-refractivity contribution in [3.63, 3.8) is 0 Å². The van der Waals surface area contributed by atoms with Crippen molar-refractivity contribution < 1.29 is 18.8 Å². The smallest absolute Gasteiger partial charge is 0.249 e. The number of hydrogen-bond acceptors (Lipinski definition) is 5. The maximum absolute atomic E-state index is 12.5. The summed E-state index contributed by atoms with van der Waals surface area (Å²) in [6, 6.07) is 11.2. The van der Waals surface area contributed by atoms with E-state index in [2.05, 4.69) is 21.9 Å². The molecule has 1 N–H and O–H groups in total. The molecule has 0 spiro atoms. The van der Waals surface area contributed by atoms with Crippen LogP contribution in [-0.4, -0.2) is 41.6 Å². The summed E-state index contributed by atoms with van der Waals surface area (Å²) in [7, 11) is 0. The molecule has 140 valence electrons. The number of nitrogens with one attached hydrogen (secondary N) is 1. The van der Waals surface area contributed by atoms with Gasteiger partial charge in [-0.05, 0) is 12.0 Å². The fraction of sp³-hybridized carbons (Fsp3) is 0.421. The molecule has 7 nitrogen and oxygen atoms in total. The fourth-order valence-electron chi connectivity index (χ4n) is 2.40. The first kappa shape index (κ1) is 19.7. The quantitative estimate of drug-likeness (QED) is 0.624. The Morgan fingerprint density at radius 3 is 2.69 bits per heavy atom. The number of carbonyl (C=O) groups excluding carboxylic acids is 2. The second-order valence-electron chi connectivity index (χ2n) is 5.93. The number of aromatic nitrogens is 1. The molecule has 0 aliphatic carbocycles. The number of hydrogen-bond donors (Lipinski definition) is 1. The molecule has 0 bridgehead atoms. The summed E-state index contributed by atoms with van der Waals surface area (Å²) in [6.45, 7) is 2.88. The zero-order chi connectivity index (χ0) is 18.6. The van der Waals surface area contributed by atoms with Gasteiger partial charge in [-0.25, -0.2) is 0 Å². The lowest BCUT2D eigenvalue weighted by atomic mass is 10.2. The van der Waals surface area contributed by atoms with Crippen LogP contribution in [0.15, 0.2) is 47.2 Å². The highest BCUT2D eigenvalue weighted by atomic mass is 16.5. The van der Waals surface area contributed by atoms with Crippen LogP contribution in [0.5, 0.6) is 0 Å². The Labute approximate surface area is 153 Å². The molecule has 0 saturated carbocycles. The van der Waals surface area contributed by atoms with Gasteiger partial charge in [0.25, 0.3) is 0 Å².